The molecule has 0 heterocycles. The Balaban J connectivity index is 1.83. The maximum absolute atomic E-state index is 11.9. The number of carbonyl (C=O) groups excluding carboxylic acids is 1. The molecule has 4 heteroatoms. The normalized spacial score (nSPS) is 10.4. The van der Waals surface area contributed by atoms with Crippen LogP contribution in [0.25, 0.3) is 0 Å². The van der Waals surface area contributed by atoms with Crippen LogP contribution >= 0.6 is 11.6 Å². The monoisotopic (exact) mass is 317 g/mol. The molecular weight excluding hydrogens is 298 g/mol. The first-order valence-corrected chi connectivity index (χ1v) is 7.59. The molecule has 0 saturated carbocycles. The van der Waals surface area contributed by atoms with Crippen molar-refractivity contribution in [3.63, 3.8) is 0 Å². The smallest absolute Gasteiger partial charge is 0.227 e. The summed E-state index contributed by atoms with van der Waals surface area (Å²) in [6.45, 7) is 6.35. The topological polar surface area (TPSA) is 38.3 Å². The van der Waals surface area contributed by atoms with Crippen molar-refractivity contribution < 1.29 is 9.53 Å². The molecule has 0 aliphatic heterocycles. The van der Waals surface area contributed by atoms with Gasteiger partial charge in [0.25, 0.3) is 0 Å². The minimum atomic E-state index is -0.0748. The second kappa shape index (κ2) is 7.32. The van der Waals surface area contributed by atoms with Crippen LogP contribution in [0.4, 0.5) is 5.69 Å². The zero-order valence-electron chi connectivity index (χ0n) is 13.1. The molecule has 0 radical (unpaired) electrons. The number of rotatable bonds is 5. The van der Waals surface area contributed by atoms with Crippen molar-refractivity contribution in [2.45, 2.75) is 27.2 Å². The van der Waals surface area contributed by atoms with E-state index < -0.39 is 0 Å². The first-order chi connectivity index (χ1) is 10.5. The Labute approximate surface area is 136 Å². The summed E-state index contributed by atoms with van der Waals surface area (Å²) >= 11 is 5.90. The molecule has 0 atom stereocenters. The number of anilines is 1. The van der Waals surface area contributed by atoms with Gasteiger partial charge < -0.3 is 10.1 Å². The van der Waals surface area contributed by atoms with Crippen LogP contribution in [0.15, 0.2) is 36.4 Å². The number of ether oxygens (including phenoxy) is 1. The lowest BCUT2D eigenvalue weighted by atomic mass is 10.1. The van der Waals surface area contributed by atoms with E-state index in [9.17, 15) is 4.79 Å². The molecule has 3 nitrogen and oxygen atoms in total. The van der Waals surface area contributed by atoms with Gasteiger partial charge >= 0.3 is 0 Å². The molecule has 22 heavy (non-hydrogen) atoms. The predicted octanol–water partition coefficient (Wildman–Crippen LogP) is 4.67. The largest absolute Gasteiger partial charge is 0.493 e. The van der Waals surface area contributed by atoms with E-state index >= 15 is 0 Å². The van der Waals surface area contributed by atoms with Crippen molar-refractivity contribution in [2.75, 3.05) is 11.9 Å². The second-order valence-corrected chi connectivity index (χ2v) is 5.79. The third-order valence-electron chi connectivity index (χ3n) is 3.54. The molecule has 0 saturated heterocycles. The quantitative estimate of drug-likeness (QED) is 0.870. The van der Waals surface area contributed by atoms with E-state index in [1.807, 2.05) is 38.1 Å². The number of amides is 1. The molecule has 0 bridgehead atoms. The molecule has 0 unspecified atom stereocenters. The molecule has 2 rings (SSSR count). The van der Waals surface area contributed by atoms with Crippen molar-refractivity contribution in [1.82, 2.24) is 0 Å². The molecular formula is C18H20ClNO2. The summed E-state index contributed by atoms with van der Waals surface area (Å²) < 4.78 is 5.62. The van der Waals surface area contributed by atoms with Crippen LogP contribution < -0.4 is 10.1 Å². The van der Waals surface area contributed by atoms with Gasteiger partial charge in [-0.15, -0.1) is 0 Å². The van der Waals surface area contributed by atoms with Gasteiger partial charge in [0.15, 0.2) is 0 Å². The van der Waals surface area contributed by atoms with Gasteiger partial charge in [0.05, 0.1) is 13.0 Å². The van der Waals surface area contributed by atoms with E-state index in [4.69, 9.17) is 16.3 Å². The van der Waals surface area contributed by atoms with Crippen molar-refractivity contribution in [1.29, 1.82) is 0 Å². The van der Waals surface area contributed by atoms with Crippen LogP contribution in [0, 0.1) is 20.8 Å². The third-order valence-corrected chi connectivity index (χ3v) is 3.77. The Kier molecular flexibility index (Phi) is 5.45. The van der Waals surface area contributed by atoms with E-state index in [-0.39, 0.29) is 5.91 Å². The van der Waals surface area contributed by atoms with Gasteiger partial charge in [0.1, 0.15) is 5.75 Å². The summed E-state index contributed by atoms with van der Waals surface area (Å²) in [4.78, 5) is 11.9. The van der Waals surface area contributed by atoms with E-state index in [0.717, 1.165) is 17.0 Å². The first kappa shape index (κ1) is 16.4. The van der Waals surface area contributed by atoms with Crippen molar-refractivity contribution in [3.8, 4) is 5.75 Å². The minimum Gasteiger partial charge on any atom is -0.493 e. The highest BCUT2D eigenvalue weighted by atomic mass is 35.5. The summed E-state index contributed by atoms with van der Waals surface area (Å²) in [7, 11) is 0. The number of benzene rings is 2. The van der Waals surface area contributed by atoms with Crippen LogP contribution in [0.5, 0.6) is 5.75 Å². The number of nitrogens with one attached hydrogen (secondary N) is 1. The molecule has 0 aromatic heterocycles. The highest BCUT2D eigenvalue weighted by molar-refractivity contribution is 6.30. The zero-order valence-corrected chi connectivity index (χ0v) is 13.8. The summed E-state index contributed by atoms with van der Waals surface area (Å²) in [5.41, 5.74) is 4.12. The van der Waals surface area contributed by atoms with Crippen molar-refractivity contribution in [3.05, 3.63) is 58.1 Å². The Hall–Kier alpha value is -2.00. The molecule has 116 valence electrons. The maximum Gasteiger partial charge on any atom is 0.227 e. The molecule has 2 aromatic carbocycles. The summed E-state index contributed by atoms with van der Waals surface area (Å²) in [6, 6.07) is 11.3. The maximum atomic E-state index is 11.9. The van der Waals surface area contributed by atoms with E-state index in [2.05, 4.69) is 12.2 Å². The molecule has 0 aliphatic rings. The fraction of sp³-hybridized carbons (Fsp3) is 0.278. The average molecular weight is 318 g/mol. The summed E-state index contributed by atoms with van der Waals surface area (Å²) in [5, 5.41) is 3.53. The van der Waals surface area contributed by atoms with Crippen molar-refractivity contribution >= 4 is 23.2 Å². The molecule has 0 aliphatic carbocycles. The fourth-order valence-electron chi connectivity index (χ4n) is 2.05. The number of carbonyl (C=O) groups is 1. The lowest BCUT2D eigenvalue weighted by Crippen LogP contribution is -2.15. The van der Waals surface area contributed by atoms with E-state index in [1.165, 1.54) is 11.1 Å². The minimum absolute atomic E-state index is 0.0748. The predicted molar refractivity (Wildman–Crippen MR) is 90.8 cm³/mol. The molecule has 1 amide bonds. The number of hydrogen-bond acceptors (Lipinski definition) is 2. The van der Waals surface area contributed by atoms with Gasteiger partial charge in [0, 0.05) is 10.7 Å². The summed E-state index contributed by atoms with van der Waals surface area (Å²) in [5.74, 6) is 0.716. The van der Waals surface area contributed by atoms with Gasteiger partial charge in [-0.2, -0.15) is 0 Å². The molecule has 0 spiro atoms. The zero-order chi connectivity index (χ0) is 16.1. The van der Waals surface area contributed by atoms with E-state index in [0.29, 0.717) is 18.1 Å². The van der Waals surface area contributed by atoms with Crippen LogP contribution in [-0.4, -0.2) is 12.5 Å². The van der Waals surface area contributed by atoms with Gasteiger partial charge in [0.2, 0.25) is 5.91 Å². The van der Waals surface area contributed by atoms with Gasteiger partial charge in [-0.1, -0.05) is 17.7 Å². The van der Waals surface area contributed by atoms with Gasteiger partial charge in [-0.3, -0.25) is 4.79 Å². The molecule has 2 aromatic rings. The third kappa shape index (κ3) is 4.50. The fourth-order valence-corrected chi connectivity index (χ4v) is 2.27. The Morgan fingerprint density at radius 2 is 1.82 bits per heavy atom. The number of aryl methyl sites for hydroxylation is 3. The SMILES string of the molecule is Cc1ccc(OCCC(=O)Nc2ccc(Cl)cc2C)cc1C. The standard InChI is InChI=1S/C18H20ClNO2/c1-12-4-6-16(11-13(12)2)22-9-8-18(21)20-17-7-5-15(19)10-14(17)3/h4-7,10-11H,8-9H2,1-3H3,(H,20,21). The van der Waals surface area contributed by atoms with Crippen LogP contribution in [0.3, 0.4) is 0 Å². The van der Waals surface area contributed by atoms with Crippen LogP contribution in [-0.2, 0) is 4.79 Å². The second-order valence-electron chi connectivity index (χ2n) is 5.35. The molecule has 1 N–H and O–H groups in total. The Morgan fingerprint density at radius 1 is 1.05 bits per heavy atom. The lowest BCUT2D eigenvalue weighted by Gasteiger charge is -2.10. The Bertz CT molecular complexity index is 683. The number of halogens is 1. The van der Waals surface area contributed by atoms with Crippen LogP contribution in [0.1, 0.15) is 23.1 Å². The molecule has 0 fully saturated rings. The average Bonchev–Trinajstić information content (AvgIpc) is 2.46. The lowest BCUT2D eigenvalue weighted by molar-refractivity contribution is -0.116. The van der Waals surface area contributed by atoms with Gasteiger partial charge in [-0.05, 0) is 67.8 Å². The first-order valence-electron chi connectivity index (χ1n) is 7.22. The number of hydrogen-bond donors (Lipinski definition) is 1. The van der Waals surface area contributed by atoms with E-state index in [1.54, 1.807) is 12.1 Å². The Morgan fingerprint density at radius 3 is 2.50 bits per heavy atom. The highest BCUT2D eigenvalue weighted by Gasteiger charge is 2.06. The van der Waals surface area contributed by atoms with Gasteiger partial charge in [-0.25, -0.2) is 0 Å². The summed E-state index contributed by atoms with van der Waals surface area (Å²) in [6.07, 6.45) is 0.301. The highest BCUT2D eigenvalue weighted by Crippen LogP contribution is 2.20. The van der Waals surface area contributed by atoms with Crippen molar-refractivity contribution in [2.24, 2.45) is 0 Å². The van der Waals surface area contributed by atoms with Crippen LogP contribution in [0.2, 0.25) is 5.02 Å².